The van der Waals surface area contributed by atoms with Crippen LogP contribution in [0.1, 0.15) is 49.7 Å². The van der Waals surface area contributed by atoms with Crippen LogP contribution >= 0.6 is 0 Å². The van der Waals surface area contributed by atoms with Crippen molar-refractivity contribution in [2.75, 3.05) is 7.11 Å². The van der Waals surface area contributed by atoms with Crippen molar-refractivity contribution in [1.82, 2.24) is 14.8 Å². The smallest absolute Gasteiger partial charge is 0.313 e. The van der Waals surface area contributed by atoms with E-state index < -0.39 is 0 Å². The Morgan fingerprint density at radius 3 is 2.76 bits per heavy atom. The highest BCUT2D eigenvalue weighted by Gasteiger charge is 2.21. The lowest BCUT2D eigenvalue weighted by molar-refractivity contribution is -0.139. The molecule has 1 fully saturated rings. The minimum Gasteiger partial charge on any atom is -0.469 e. The van der Waals surface area contributed by atoms with Gasteiger partial charge in [0.15, 0.2) is 5.82 Å². The molecule has 1 aromatic rings. The lowest BCUT2D eigenvalue weighted by Gasteiger charge is -2.18. The summed E-state index contributed by atoms with van der Waals surface area (Å²) in [5.74, 6) is 1.79. The van der Waals surface area contributed by atoms with Crippen molar-refractivity contribution in [3.05, 3.63) is 11.6 Å². The third kappa shape index (κ3) is 2.84. The van der Waals surface area contributed by atoms with Gasteiger partial charge < -0.3 is 4.74 Å². The Balaban J connectivity index is 2.09. The monoisotopic (exact) mass is 237 g/mol. The van der Waals surface area contributed by atoms with Gasteiger partial charge in [-0.2, -0.15) is 5.10 Å². The van der Waals surface area contributed by atoms with Gasteiger partial charge in [-0.15, -0.1) is 0 Å². The highest BCUT2D eigenvalue weighted by molar-refractivity contribution is 5.71. The van der Waals surface area contributed by atoms with Crippen molar-refractivity contribution < 1.29 is 9.53 Å². The van der Waals surface area contributed by atoms with Crippen molar-refractivity contribution in [2.24, 2.45) is 7.05 Å². The van der Waals surface area contributed by atoms with E-state index in [1.807, 2.05) is 7.05 Å². The molecule has 1 heterocycles. The summed E-state index contributed by atoms with van der Waals surface area (Å²) in [4.78, 5) is 15.7. The molecule has 0 radical (unpaired) electrons. The summed E-state index contributed by atoms with van der Waals surface area (Å²) >= 11 is 0. The Hall–Kier alpha value is -1.39. The predicted molar refractivity (Wildman–Crippen MR) is 62.5 cm³/mol. The van der Waals surface area contributed by atoms with Crippen molar-refractivity contribution in [2.45, 2.75) is 44.4 Å². The number of nitrogens with zero attached hydrogens (tertiary/aromatic N) is 3. The molecule has 0 amide bonds. The molecule has 5 nitrogen and oxygen atoms in total. The molecule has 1 saturated carbocycles. The molecule has 2 rings (SSSR count). The molecule has 0 atom stereocenters. The topological polar surface area (TPSA) is 57.0 Å². The molecule has 1 aliphatic rings. The summed E-state index contributed by atoms with van der Waals surface area (Å²) in [5.41, 5.74) is 0. The standard InChI is InChI=1S/C12H19N3O2/c1-15-10(8-11(16)17-2)13-12(14-15)9-6-4-3-5-7-9/h9H,3-8H2,1-2H3. The normalized spacial score (nSPS) is 17.1. The Labute approximate surface area is 101 Å². The van der Waals surface area contributed by atoms with Crippen LogP contribution in [0.4, 0.5) is 0 Å². The zero-order valence-electron chi connectivity index (χ0n) is 10.5. The molecule has 94 valence electrons. The number of aryl methyl sites for hydroxylation is 1. The van der Waals surface area contributed by atoms with Crippen LogP contribution in [0, 0.1) is 0 Å². The fraction of sp³-hybridized carbons (Fsp3) is 0.750. The minimum absolute atomic E-state index is 0.201. The van der Waals surface area contributed by atoms with E-state index in [9.17, 15) is 4.79 Å². The number of methoxy groups -OCH3 is 1. The third-order valence-electron chi connectivity index (χ3n) is 3.37. The van der Waals surface area contributed by atoms with E-state index in [4.69, 9.17) is 0 Å². The van der Waals surface area contributed by atoms with Crippen LogP contribution in [-0.2, 0) is 23.0 Å². The molecule has 17 heavy (non-hydrogen) atoms. The molecule has 0 spiro atoms. The molecule has 0 saturated heterocycles. The van der Waals surface area contributed by atoms with Crippen LogP contribution in [0.15, 0.2) is 0 Å². The van der Waals surface area contributed by atoms with Crippen LogP contribution in [-0.4, -0.2) is 27.8 Å². The average Bonchev–Trinajstić information content (AvgIpc) is 2.72. The van der Waals surface area contributed by atoms with E-state index in [1.54, 1.807) is 4.68 Å². The van der Waals surface area contributed by atoms with E-state index in [-0.39, 0.29) is 12.4 Å². The molecular weight excluding hydrogens is 218 g/mol. The maximum Gasteiger partial charge on any atom is 0.313 e. The summed E-state index contributed by atoms with van der Waals surface area (Å²) in [5, 5.41) is 4.42. The number of rotatable bonds is 3. The predicted octanol–water partition coefficient (Wildman–Crippen LogP) is 1.58. The molecule has 0 aliphatic heterocycles. The molecule has 0 N–H and O–H groups in total. The maximum atomic E-state index is 11.2. The van der Waals surface area contributed by atoms with E-state index in [1.165, 1.54) is 39.2 Å². The summed E-state index contributed by atoms with van der Waals surface area (Å²) in [6.07, 6.45) is 6.37. The van der Waals surface area contributed by atoms with Gasteiger partial charge in [-0.25, -0.2) is 4.98 Å². The zero-order chi connectivity index (χ0) is 12.3. The quantitative estimate of drug-likeness (QED) is 0.749. The molecule has 0 aromatic carbocycles. The van der Waals surface area contributed by atoms with Crippen molar-refractivity contribution >= 4 is 5.97 Å². The Bertz CT molecular complexity index is 394. The lowest BCUT2D eigenvalue weighted by Crippen LogP contribution is -2.09. The van der Waals surface area contributed by atoms with Crippen LogP contribution in [0.5, 0.6) is 0 Å². The molecule has 0 bridgehead atoms. The second-order valence-electron chi connectivity index (χ2n) is 4.60. The number of hydrogen-bond acceptors (Lipinski definition) is 4. The van der Waals surface area contributed by atoms with Gasteiger partial charge >= 0.3 is 5.97 Å². The first-order valence-corrected chi connectivity index (χ1v) is 6.17. The molecular formula is C12H19N3O2. The fourth-order valence-corrected chi connectivity index (χ4v) is 2.33. The summed E-state index contributed by atoms with van der Waals surface area (Å²) < 4.78 is 6.34. The summed E-state index contributed by atoms with van der Waals surface area (Å²) in [6, 6.07) is 0. The van der Waals surface area contributed by atoms with E-state index in [0.29, 0.717) is 11.7 Å². The highest BCUT2D eigenvalue weighted by atomic mass is 16.5. The number of aromatic nitrogens is 3. The van der Waals surface area contributed by atoms with Gasteiger partial charge in [0.1, 0.15) is 12.2 Å². The van der Waals surface area contributed by atoms with E-state index in [0.717, 1.165) is 5.82 Å². The molecule has 0 unspecified atom stereocenters. The number of esters is 1. The van der Waals surface area contributed by atoms with Gasteiger partial charge in [-0.3, -0.25) is 9.48 Å². The highest BCUT2D eigenvalue weighted by Crippen LogP contribution is 2.30. The van der Waals surface area contributed by atoms with Gasteiger partial charge in [0.05, 0.1) is 7.11 Å². The van der Waals surface area contributed by atoms with E-state index >= 15 is 0 Å². The Morgan fingerprint density at radius 1 is 1.41 bits per heavy atom. The SMILES string of the molecule is COC(=O)Cc1nc(C2CCCCC2)nn1C. The third-order valence-corrected chi connectivity index (χ3v) is 3.37. The van der Waals surface area contributed by atoms with Crippen LogP contribution < -0.4 is 0 Å². The second-order valence-corrected chi connectivity index (χ2v) is 4.60. The second kappa shape index (κ2) is 5.29. The average molecular weight is 237 g/mol. The minimum atomic E-state index is -0.268. The zero-order valence-corrected chi connectivity index (χ0v) is 10.5. The number of hydrogen-bond donors (Lipinski definition) is 0. The van der Waals surface area contributed by atoms with Gasteiger partial charge in [-0.1, -0.05) is 19.3 Å². The first-order valence-electron chi connectivity index (χ1n) is 6.17. The van der Waals surface area contributed by atoms with Gasteiger partial charge in [-0.05, 0) is 12.8 Å². The summed E-state index contributed by atoms with van der Waals surface area (Å²) in [6.45, 7) is 0. The molecule has 5 heteroatoms. The van der Waals surface area contributed by atoms with Gasteiger partial charge in [0, 0.05) is 13.0 Å². The molecule has 1 aromatic heterocycles. The number of carbonyl (C=O) groups excluding carboxylic acids is 1. The van der Waals surface area contributed by atoms with E-state index in [2.05, 4.69) is 14.8 Å². The van der Waals surface area contributed by atoms with Gasteiger partial charge in [0.25, 0.3) is 0 Å². The Kier molecular flexibility index (Phi) is 3.76. The van der Waals surface area contributed by atoms with Crippen molar-refractivity contribution in [1.29, 1.82) is 0 Å². The summed E-state index contributed by atoms with van der Waals surface area (Å²) in [7, 11) is 3.22. The largest absolute Gasteiger partial charge is 0.469 e. The van der Waals surface area contributed by atoms with Crippen molar-refractivity contribution in [3.63, 3.8) is 0 Å². The van der Waals surface area contributed by atoms with Gasteiger partial charge in [0.2, 0.25) is 0 Å². The van der Waals surface area contributed by atoms with Crippen LogP contribution in [0.25, 0.3) is 0 Å². The Morgan fingerprint density at radius 2 is 2.12 bits per heavy atom. The first kappa shape index (κ1) is 12.1. The fourth-order valence-electron chi connectivity index (χ4n) is 2.33. The number of ether oxygens (including phenoxy) is 1. The molecule has 1 aliphatic carbocycles. The lowest BCUT2D eigenvalue weighted by atomic mass is 9.89. The van der Waals surface area contributed by atoms with Crippen molar-refractivity contribution in [3.8, 4) is 0 Å². The van der Waals surface area contributed by atoms with Crippen LogP contribution in [0.3, 0.4) is 0 Å². The maximum absolute atomic E-state index is 11.2. The number of carbonyl (C=O) groups is 1. The van der Waals surface area contributed by atoms with Crippen LogP contribution in [0.2, 0.25) is 0 Å². The first-order chi connectivity index (χ1) is 8.20.